The van der Waals surface area contributed by atoms with Gasteiger partial charge < -0.3 is 15.0 Å². The van der Waals surface area contributed by atoms with E-state index in [1.807, 2.05) is 42.5 Å². The number of carbonyl (C=O) groups excluding carboxylic acids is 2. The van der Waals surface area contributed by atoms with Crippen molar-refractivity contribution in [3.05, 3.63) is 42.5 Å². The fraction of sp³-hybridized carbons (Fsp3) is 0.368. The first-order chi connectivity index (χ1) is 12.8. The van der Waals surface area contributed by atoms with Gasteiger partial charge in [0.2, 0.25) is 11.8 Å². The van der Waals surface area contributed by atoms with Gasteiger partial charge in [-0.05, 0) is 22.9 Å². The Kier molecular flexibility index (Phi) is 5.53. The molecule has 1 unspecified atom stereocenters. The summed E-state index contributed by atoms with van der Waals surface area (Å²) in [6.45, 7) is -1.11. The molecule has 2 aromatic rings. The van der Waals surface area contributed by atoms with Gasteiger partial charge >= 0.3 is 6.18 Å². The second-order valence-electron chi connectivity index (χ2n) is 6.44. The van der Waals surface area contributed by atoms with Crippen LogP contribution in [0.1, 0.15) is 6.42 Å². The predicted octanol–water partition coefficient (Wildman–Crippen LogP) is 2.75. The van der Waals surface area contributed by atoms with E-state index in [1.54, 1.807) is 0 Å². The fourth-order valence-corrected chi connectivity index (χ4v) is 3.06. The van der Waals surface area contributed by atoms with E-state index in [9.17, 15) is 22.8 Å². The number of fused-ring (bicyclic) bond motifs is 1. The van der Waals surface area contributed by atoms with Crippen molar-refractivity contribution >= 4 is 22.6 Å². The van der Waals surface area contributed by atoms with Gasteiger partial charge in [0.05, 0.1) is 12.5 Å². The van der Waals surface area contributed by atoms with Crippen molar-refractivity contribution < 1.29 is 27.5 Å². The molecule has 0 saturated carbocycles. The Bertz CT molecular complexity index is 838. The molecule has 8 heteroatoms. The maximum Gasteiger partial charge on any atom is 0.406 e. The number of halogens is 3. The Labute approximate surface area is 154 Å². The molecule has 0 aliphatic carbocycles. The van der Waals surface area contributed by atoms with Crippen molar-refractivity contribution in [2.45, 2.75) is 12.6 Å². The van der Waals surface area contributed by atoms with Crippen LogP contribution in [0.15, 0.2) is 42.5 Å². The standard InChI is InChI=1S/C19H19F3N2O3/c20-19(21,22)12-24-11-15(10-17(24)25)18(26)23-7-8-27-16-6-5-13-3-1-2-4-14(13)9-16/h1-6,9,15H,7-8,10-12H2,(H,23,26). The van der Waals surface area contributed by atoms with Gasteiger partial charge in [-0.15, -0.1) is 0 Å². The van der Waals surface area contributed by atoms with Crippen LogP contribution in [-0.4, -0.2) is 49.1 Å². The summed E-state index contributed by atoms with van der Waals surface area (Å²) in [6.07, 6.45) is -4.66. The number of rotatable bonds is 6. The summed E-state index contributed by atoms with van der Waals surface area (Å²) in [5.41, 5.74) is 0. The summed E-state index contributed by atoms with van der Waals surface area (Å²) in [5, 5.41) is 4.74. The summed E-state index contributed by atoms with van der Waals surface area (Å²) >= 11 is 0. The molecule has 1 atom stereocenters. The lowest BCUT2D eigenvalue weighted by Crippen LogP contribution is -2.38. The zero-order valence-corrected chi connectivity index (χ0v) is 14.5. The number of alkyl halides is 3. The van der Waals surface area contributed by atoms with Crippen LogP contribution in [0.2, 0.25) is 0 Å². The molecule has 1 fully saturated rings. The minimum Gasteiger partial charge on any atom is -0.492 e. The molecule has 1 saturated heterocycles. The lowest BCUT2D eigenvalue weighted by molar-refractivity contribution is -0.157. The first-order valence-electron chi connectivity index (χ1n) is 8.56. The smallest absolute Gasteiger partial charge is 0.406 e. The number of amides is 2. The van der Waals surface area contributed by atoms with E-state index in [0.29, 0.717) is 10.6 Å². The van der Waals surface area contributed by atoms with Crippen LogP contribution >= 0.6 is 0 Å². The van der Waals surface area contributed by atoms with E-state index in [1.165, 1.54) is 0 Å². The number of carbonyl (C=O) groups is 2. The molecule has 2 aromatic carbocycles. The molecule has 144 valence electrons. The van der Waals surface area contributed by atoms with E-state index in [4.69, 9.17) is 4.74 Å². The quantitative estimate of drug-likeness (QED) is 0.784. The van der Waals surface area contributed by atoms with Gasteiger partial charge in [-0.1, -0.05) is 30.3 Å². The van der Waals surface area contributed by atoms with E-state index in [2.05, 4.69) is 5.32 Å². The highest BCUT2D eigenvalue weighted by molar-refractivity contribution is 5.89. The minimum atomic E-state index is -4.46. The lowest BCUT2D eigenvalue weighted by Gasteiger charge is -2.18. The highest BCUT2D eigenvalue weighted by Gasteiger charge is 2.40. The van der Waals surface area contributed by atoms with Gasteiger partial charge in [0.1, 0.15) is 18.9 Å². The highest BCUT2D eigenvalue weighted by atomic mass is 19.4. The summed E-state index contributed by atoms with van der Waals surface area (Å²) in [4.78, 5) is 24.3. The molecule has 0 radical (unpaired) electrons. The minimum absolute atomic E-state index is 0.201. The highest BCUT2D eigenvalue weighted by Crippen LogP contribution is 2.24. The molecule has 1 aliphatic heterocycles. The number of ether oxygens (including phenoxy) is 1. The van der Waals surface area contributed by atoms with Gasteiger partial charge in [0.25, 0.3) is 0 Å². The zero-order chi connectivity index (χ0) is 19.4. The van der Waals surface area contributed by atoms with Crippen molar-refractivity contribution in [2.75, 3.05) is 26.2 Å². The summed E-state index contributed by atoms with van der Waals surface area (Å²) in [6, 6.07) is 13.5. The molecular weight excluding hydrogens is 361 g/mol. The van der Waals surface area contributed by atoms with E-state index < -0.39 is 30.5 Å². The van der Waals surface area contributed by atoms with Crippen molar-refractivity contribution in [3.8, 4) is 5.75 Å². The topological polar surface area (TPSA) is 58.6 Å². The predicted molar refractivity (Wildman–Crippen MR) is 93.2 cm³/mol. The average molecular weight is 380 g/mol. The number of nitrogens with zero attached hydrogens (tertiary/aromatic N) is 1. The van der Waals surface area contributed by atoms with Gasteiger partial charge in [0.15, 0.2) is 0 Å². The normalized spacial score (nSPS) is 17.4. The molecule has 1 aliphatic rings. The molecule has 27 heavy (non-hydrogen) atoms. The van der Waals surface area contributed by atoms with Crippen molar-refractivity contribution in [1.29, 1.82) is 0 Å². The number of nitrogens with one attached hydrogen (secondary N) is 1. The summed E-state index contributed by atoms with van der Waals surface area (Å²) in [5.74, 6) is -1.19. The molecule has 0 spiro atoms. The van der Waals surface area contributed by atoms with Crippen molar-refractivity contribution in [2.24, 2.45) is 5.92 Å². The third kappa shape index (κ3) is 5.12. The third-order valence-electron chi connectivity index (χ3n) is 4.35. The number of hydrogen-bond acceptors (Lipinski definition) is 3. The molecule has 0 bridgehead atoms. The Balaban J connectivity index is 1.43. The van der Waals surface area contributed by atoms with Gasteiger partial charge in [-0.3, -0.25) is 9.59 Å². The van der Waals surface area contributed by atoms with Crippen LogP contribution in [0.25, 0.3) is 10.8 Å². The SMILES string of the molecule is O=C(NCCOc1ccc2ccccc2c1)C1CC(=O)N(CC(F)(F)F)C1. The number of benzene rings is 2. The average Bonchev–Trinajstić information content (AvgIpc) is 2.97. The van der Waals surface area contributed by atoms with E-state index in [-0.39, 0.29) is 26.1 Å². The number of likely N-dealkylation sites (tertiary alicyclic amines) is 1. The summed E-state index contributed by atoms with van der Waals surface area (Å²) < 4.78 is 42.8. The second-order valence-corrected chi connectivity index (χ2v) is 6.44. The summed E-state index contributed by atoms with van der Waals surface area (Å²) in [7, 11) is 0. The second kappa shape index (κ2) is 7.85. The third-order valence-corrected chi connectivity index (χ3v) is 4.35. The van der Waals surface area contributed by atoms with E-state index >= 15 is 0 Å². The maximum atomic E-state index is 12.4. The molecule has 5 nitrogen and oxygen atoms in total. The first-order valence-corrected chi connectivity index (χ1v) is 8.56. The molecule has 1 heterocycles. The van der Waals surface area contributed by atoms with E-state index in [0.717, 1.165) is 10.8 Å². The first kappa shape index (κ1) is 19.0. The monoisotopic (exact) mass is 380 g/mol. The largest absolute Gasteiger partial charge is 0.492 e. The van der Waals surface area contributed by atoms with Crippen LogP contribution in [0.3, 0.4) is 0 Å². The fourth-order valence-electron chi connectivity index (χ4n) is 3.06. The van der Waals surface area contributed by atoms with Gasteiger partial charge in [0, 0.05) is 13.0 Å². The molecule has 0 aromatic heterocycles. The van der Waals surface area contributed by atoms with Crippen LogP contribution < -0.4 is 10.1 Å². The van der Waals surface area contributed by atoms with Crippen LogP contribution in [0, 0.1) is 5.92 Å². The van der Waals surface area contributed by atoms with Crippen molar-refractivity contribution in [1.82, 2.24) is 10.2 Å². The molecule has 2 amide bonds. The maximum absolute atomic E-state index is 12.4. The van der Waals surface area contributed by atoms with Crippen molar-refractivity contribution in [3.63, 3.8) is 0 Å². The zero-order valence-electron chi connectivity index (χ0n) is 14.5. The van der Waals surface area contributed by atoms with Crippen LogP contribution in [0.5, 0.6) is 5.75 Å². The number of hydrogen-bond donors (Lipinski definition) is 1. The molecule has 1 N–H and O–H groups in total. The Morgan fingerprint density at radius 1 is 1.19 bits per heavy atom. The van der Waals surface area contributed by atoms with Gasteiger partial charge in [-0.25, -0.2) is 0 Å². The van der Waals surface area contributed by atoms with Gasteiger partial charge in [-0.2, -0.15) is 13.2 Å². The Morgan fingerprint density at radius 2 is 1.93 bits per heavy atom. The van der Waals surface area contributed by atoms with Crippen LogP contribution in [-0.2, 0) is 9.59 Å². The Hall–Kier alpha value is -2.77. The molecular formula is C19H19F3N2O3. The van der Waals surface area contributed by atoms with Crippen LogP contribution in [0.4, 0.5) is 13.2 Å². The molecule has 3 rings (SSSR count). The Morgan fingerprint density at radius 3 is 2.67 bits per heavy atom. The lowest BCUT2D eigenvalue weighted by atomic mass is 10.1.